The number of nitrogens with zero attached hydrogens (tertiary/aromatic N) is 1. The highest BCUT2D eigenvalue weighted by atomic mass is 32.1. The molecule has 2 heterocycles. The maximum absolute atomic E-state index is 6.10. The van der Waals surface area contributed by atoms with Gasteiger partial charge in [0.15, 0.2) is 0 Å². The van der Waals surface area contributed by atoms with Crippen molar-refractivity contribution < 1.29 is 4.74 Å². The third kappa shape index (κ3) is 2.72. The van der Waals surface area contributed by atoms with Gasteiger partial charge in [0.1, 0.15) is 16.4 Å². The minimum atomic E-state index is -0.0840. The average molecular weight is 288 g/mol. The molecule has 0 saturated heterocycles. The number of ether oxygens (including phenoxy) is 1. The zero-order chi connectivity index (χ0) is 14.2. The van der Waals surface area contributed by atoms with Crippen LogP contribution in [-0.4, -0.2) is 10.6 Å². The van der Waals surface area contributed by atoms with Crippen molar-refractivity contribution in [2.75, 3.05) is 0 Å². The molecule has 3 nitrogen and oxygen atoms in total. The summed E-state index contributed by atoms with van der Waals surface area (Å²) >= 11 is 1.69. The van der Waals surface area contributed by atoms with Gasteiger partial charge in [0, 0.05) is 30.1 Å². The summed E-state index contributed by atoms with van der Waals surface area (Å²) < 4.78 is 6.10. The molecule has 0 fully saturated rings. The Morgan fingerprint density at radius 3 is 3.05 bits per heavy atom. The van der Waals surface area contributed by atoms with E-state index in [1.54, 1.807) is 11.3 Å². The Bertz CT molecular complexity index is 593. The number of rotatable bonds is 4. The van der Waals surface area contributed by atoms with Crippen LogP contribution in [0.4, 0.5) is 0 Å². The number of nitrogens with one attached hydrogen (secondary N) is 1. The van der Waals surface area contributed by atoms with E-state index in [1.165, 1.54) is 11.1 Å². The Morgan fingerprint density at radius 2 is 2.30 bits per heavy atom. The molecule has 1 N–H and O–H groups in total. The van der Waals surface area contributed by atoms with Gasteiger partial charge in [-0.15, -0.1) is 11.3 Å². The van der Waals surface area contributed by atoms with E-state index in [4.69, 9.17) is 4.74 Å². The van der Waals surface area contributed by atoms with Crippen LogP contribution in [-0.2, 0) is 13.0 Å². The van der Waals surface area contributed by atoms with Gasteiger partial charge in [0.05, 0.1) is 6.04 Å². The highest BCUT2D eigenvalue weighted by Crippen LogP contribution is 2.37. The molecule has 3 rings (SSSR count). The van der Waals surface area contributed by atoms with Crippen LogP contribution in [0.1, 0.15) is 42.9 Å². The summed E-state index contributed by atoms with van der Waals surface area (Å²) in [6.45, 7) is 7.23. The molecular weight excluding hydrogens is 268 g/mol. The first-order chi connectivity index (χ1) is 9.55. The van der Waals surface area contributed by atoms with Crippen molar-refractivity contribution in [1.29, 1.82) is 0 Å². The Morgan fingerprint density at radius 1 is 1.45 bits per heavy atom. The van der Waals surface area contributed by atoms with E-state index in [1.807, 2.05) is 11.6 Å². The monoisotopic (exact) mass is 288 g/mol. The molecule has 1 aliphatic rings. The summed E-state index contributed by atoms with van der Waals surface area (Å²) in [6.07, 6.45) is 2.84. The van der Waals surface area contributed by atoms with Crippen LogP contribution in [0.15, 0.2) is 29.8 Å². The maximum atomic E-state index is 6.10. The lowest BCUT2D eigenvalue weighted by Gasteiger charge is -2.19. The van der Waals surface area contributed by atoms with E-state index in [0.717, 1.165) is 23.7 Å². The Labute approximate surface area is 124 Å². The molecule has 0 bridgehead atoms. The molecule has 1 aromatic heterocycles. The third-order valence-electron chi connectivity index (χ3n) is 3.59. The molecule has 106 valence electrons. The smallest absolute Gasteiger partial charge is 0.127 e. The summed E-state index contributed by atoms with van der Waals surface area (Å²) in [6, 6.07) is 6.69. The first-order valence-corrected chi connectivity index (χ1v) is 7.86. The quantitative estimate of drug-likeness (QED) is 0.931. The van der Waals surface area contributed by atoms with Gasteiger partial charge in [-0.3, -0.25) is 0 Å². The van der Waals surface area contributed by atoms with Gasteiger partial charge in [-0.05, 0) is 26.3 Å². The largest absolute Gasteiger partial charge is 0.487 e. The van der Waals surface area contributed by atoms with E-state index >= 15 is 0 Å². The van der Waals surface area contributed by atoms with Crippen LogP contribution in [0.5, 0.6) is 5.75 Å². The summed E-state index contributed by atoms with van der Waals surface area (Å²) in [5.74, 6) is 1.07. The second kappa shape index (κ2) is 5.19. The minimum absolute atomic E-state index is 0.0840. The van der Waals surface area contributed by atoms with Crippen molar-refractivity contribution in [3.05, 3.63) is 45.9 Å². The number of hydrogen-bond donors (Lipinski definition) is 1. The van der Waals surface area contributed by atoms with Crippen LogP contribution in [0.25, 0.3) is 0 Å². The van der Waals surface area contributed by atoms with E-state index in [0.29, 0.717) is 0 Å². The van der Waals surface area contributed by atoms with Crippen molar-refractivity contribution in [3.8, 4) is 5.75 Å². The fourth-order valence-corrected chi connectivity index (χ4v) is 3.29. The molecule has 1 aromatic carbocycles. The van der Waals surface area contributed by atoms with Crippen molar-refractivity contribution in [1.82, 2.24) is 10.3 Å². The van der Waals surface area contributed by atoms with Gasteiger partial charge in [-0.1, -0.05) is 18.2 Å². The standard InChI is InChI=1S/C16H20N2OS/c1-11(15-17-7-8-20-15)18-10-13-6-4-5-12-9-16(2,3)19-14(12)13/h4-8,11,18H,9-10H2,1-3H3. The molecule has 0 amide bonds. The number of aromatic nitrogens is 1. The lowest BCUT2D eigenvalue weighted by Crippen LogP contribution is -2.25. The van der Waals surface area contributed by atoms with E-state index in [9.17, 15) is 0 Å². The van der Waals surface area contributed by atoms with Crippen LogP contribution in [0.3, 0.4) is 0 Å². The second-order valence-electron chi connectivity index (χ2n) is 5.92. The Balaban J connectivity index is 1.72. The average Bonchev–Trinajstić information content (AvgIpc) is 3.01. The third-order valence-corrected chi connectivity index (χ3v) is 4.55. The highest BCUT2D eigenvalue weighted by Gasteiger charge is 2.31. The maximum Gasteiger partial charge on any atom is 0.127 e. The Kier molecular flexibility index (Phi) is 3.52. The lowest BCUT2D eigenvalue weighted by atomic mass is 10.0. The molecule has 20 heavy (non-hydrogen) atoms. The Hall–Kier alpha value is -1.39. The fraction of sp³-hybridized carbons (Fsp3) is 0.438. The molecule has 0 aliphatic carbocycles. The fourth-order valence-electron chi connectivity index (χ4n) is 2.62. The first-order valence-electron chi connectivity index (χ1n) is 6.98. The predicted molar refractivity (Wildman–Crippen MR) is 82.2 cm³/mol. The molecule has 1 unspecified atom stereocenters. The van der Waals surface area contributed by atoms with E-state index in [2.05, 4.69) is 49.3 Å². The summed E-state index contributed by atoms with van der Waals surface area (Å²) in [7, 11) is 0. The molecular formula is C16H20N2OS. The SMILES string of the molecule is CC(NCc1cccc2c1OC(C)(C)C2)c1nccs1. The van der Waals surface area contributed by atoms with Crippen LogP contribution in [0, 0.1) is 0 Å². The van der Waals surface area contributed by atoms with Crippen molar-refractivity contribution in [3.63, 3.8) is 0 Å². The second-order valence-corrected chi connectivity index (χ2v) is 6.84. The van der Waals surface area contributed by atoms with Crippen molar-refractivity contribution in [2.24, 2.45) is 0 Å². The summed E-state index contributed by atoms with van der Waals surface area (Å²) in [5.41, 5.74) is 2.46. The summed E-state index contributed by atoms with van der Waals surface area (Å²) in [4.78, 5) is 4.35. The number of para-hydroxylation sites is 1. The van der Waals surface area contributed by atoms with Gasteiger partial charge in [-0.25, -0.2) is 4.98 Å². The van der Waals surface area contributed by atoms with Crippen molar-refractivity contribution in [2.45, 2.75) is 45.4 Å². The molecule has 0 saturated carbocycles. The number of thiazole rings is 1. The molecule has 0 spiro atoms. The van der Waals surface area contributed by atoms with Crippen molar-refractivity contribution >= 4 is 11.3 Å². The minimum Gasteiger partial charge on any atom is -0.487 e. The zero-order valence-corrected chi connectivity index (χ0v) is 13.0. The lowest BCUT2D eigenvalue weighted by molar-refractivity contribution is 0.137. The van der Waals surface area contributed by atoms with Gasteiger partial charge in [0.2, 0.25) is 0 Å². The number of benzene rings is 1. The number of fused-ring (bicyclic) bond motifs is 1. The van der Waals surface area contributed by atoms with Gasteiger partial charge in [0.25, 0.3) is 0 Å². The highest BCUT2D eigenvalue weighted by molar-refractivity contribution is 7.09. The topological polar surface area (TPSA) is 34.1 Å². The van der Waals surface area contributed by atoms with Crippen LogP contribution < -0.4 is 10.1 Å². The zero-order valence-electron chi connectivity index (χ0n) is 12.1. The molecule has 1 atom stereocenters. The van der Waals surface area contributed by atoms with Gasteiger partial charge >= 0.3 is 0 Å². The number of hydrogen-bond acceptors (Lipinski definition) is 4. The van der Waals surface area contributed by atoms with E-state index in [-0.39, 0.29) is 11.6 Å². The summed E-state index contributed by atoms with van der Waals surface area (Å²) in [5, 5.41) is 6.66. The van der Waals surface area contributed by atoms with Crippen LogP contribution in [0.2, 0.25) is 0 Å². The molecule has 1 aliphatic heterocycles. The van der Waals surface area contributed by atoms with Crippen LogP contribution >= 0.6 is 11.3 Å². The first kappa shape index (κ1) is 13.6. The van der Waals surface area contributed by atoms with Gasteiger partial charge in [-0.2, -0.15) is 0 Å². The van der Waals surface area contributed by atoms with Gasteiger partial charge < -0.3 is 10.1 Å². The molecule has 4 heteroatoms. The molecule has 0 radical (unpaired) electrons. The predicted octanol–water partition coefficient (Wildman–Crippen LogP) is 3.71. The molecule has 2 aromatic rings. The van der Waals surface area contributed by atoms with E-state index < -0.39 is 0 Å². The normalized spacial score (nSPS) is 17.6.